The van der Waals surface area contributed by atoms with Crippen molar-refractivity contribution in [3.05, 3.63) is 83.4 Å². The quantitative estimate of drug-likeness (QED) is 0.174. The minimum atomic E-state index is -1.44. The van der Waals surface area contributed by atoms with E-state index in [2.05, 4.69) is 12.1 Å². The number of nitrogens with two attached hydrogens (primary N) is 1. The largest absolute Gasteiger partial charge is 0.494 e. The average Bonchev–Trinajstić information content (AvgIpc) is 2.95. The zero-order valence-corrected chi connectivity index (χ0v) is 21.7. The van der Waals surface area contributed by atoms with Crippen LogP contribution in [0, 0.1) is 0 Å². The lowest BCUT2D eigenvalue weighted by molar-refractivity contribution is -0.145. The van der Waals surface area contributed by atoms with Crippen molar-refractivity contribution in [3.63, 3.8) is 0 Å². The number of hydrogen-bond donors (Lipinski definition) is 3. The fourth-order valence-electron chi connectivity index (χ4n) is 4.45. The number of hydrogen-bond acceptors (Lipinski definition) is 7. The monoisotopic (exact) mass is 546 g/mol. The van der Waals surface area contributed by atoms with Crippen LogP contribution in [0.2, 0.25) is 0 Å². The third kappa shape index (κ3) is 6.76. The number of carbonyl (C=O) groups is 4. The molecule has 0 radical (unpaired) electrons. The maximum atomic E-state index is 13.5. The molecule has 1 heterocycles. The van der Waals surface area contributed by atoms with E-state index in [0.717, 1.165) is 24.2 Å². The molecule has 0 aromatic heterocycles. The first kappa shape index (κ1) is 28.2. The van der Waals surface area contributed by atoms with E-state index < -0.39 is 36.2 Å². The van der Waals surface area contributed by atoms with Crippen LogP contribution in [0.3, 0.4) is 0 Å². The third-order valence-corrected chi connectivity index (χ3v) is 6.51. The highest BCUT2D eigenvalue weighted by molar-refractivity contribution is 6.15. The van der Waals surface area contributed by atoms with Crippen LogP contribution in [0.4, 0.5) is 11.4 Å². The SMILES string of the molecule is Nc1cc(OCCCCc2ccccc2)ccc1C(=O)c1cccc2c1OC(C(=O)O)CN2C(=O)CCC(=O)O. The minimum Gasteiger partial charge on any atom is -0.494 e. The van der Waals surface area contributed by atoms with Gasteiger partial charge in [0.15, 0.2) is 11.5 Å². The van der Waals surface area contributed by atoms with Gasteiger partial charge < -0.3 is 30.3 Å². The number of aliphatic carboxylic acids is 2. The Hall–Kier alpha value is -4.86. The second-order valence-electron chi connectivity index (χ2n) is 9.37. The van der Waals surface area contributed by atoms with Gasteiger partial charge >= 0.3 is 11.9 Å². The topological polar surface area (TPSA) is 156 Å². The van der Waals surface area contributed by atoms with E-state index in [-0.39, 0.29) is 41.2 Å². The second-order valence-corrected chi connectivity index (χ2v) is 9.37. The van der Waals surface area contributed by atoms with Crippen LogP contribution in [-0.4, -0.2) is 53.1 Å². The predicted octanol–water partition coefficient (Wildman–Crippen LogP) is 3.94. The fraction of sp³-hybridized carbons (Fsp3) is 0.267. The van der Waals surface area contributed by atoms with Crippen molar-refractivity contribution < 1.29 is 38.9 Å². The van der Waals surface area contributed by atoms with E-state index in [9.17, 15) is 24.3 Å². The number of ether oxygens (including phenoxy) is 2. The van der Waals surface area contributed by atoms with Gasteiger partial charge in [-0.15, -0.1) is 0 Å². The Morgan fingerprint density at radius 1 is 0.925 bits per heavy atom. The first-order chi connectivity index (χ1) is 19.2. The number of benzene rings is 3. The number of rotatable bonds is 12. The molecule has 1 unspecified atom stereocenters. The molecule has 0 spiro atoms. The summed E-state index contributed by atoms with van der Waals surface area (Å²) in [5.41, 5.74) is 8.02. The number of ketones is 1. The average molecular weight is 547 g/mol. The zero-order valence-electron chi connectivity index (χ0n) is 21.7. The molecule has 208 valence electrons. The van der Waals surface area contributed by atoms with Crippen molar-refractivity contribution in [2.45, 2.75) is 38.2 Å². The molecule has 0 fully saturated rings. The number of unbranched alkanes of at least 4 members (excludes halogenated alkanes) is 1. The van der Waals surface area contributed by atoms with Gasteiger partial charge in [-0.1, -0.05) is 36.4 Å². The van der Waals surface area contributed by atoms with Crippen LogP contribution in [0.1, 0.15) is 47.2 Å². The molecule has 1 aliphatic rings. The normalized spacial score (nSPS) is 14.1. The Balaban J connectivity index is 1.48. The molecule has 0 bridgehead atoms. The lowest BCUT2D eigenvalue weighted by atomic mass is 9.98. The summed E-state index contributed by atoms with van der Waals surface area (Å²) < 4.78 is 11.5. The summed E-state index contributed by atoms with van der Waals surface area (Å²) in [6.45, 7) is 0.167. The van der Waals surface area contributed by atoms with Gasteiger partial charge in [-0.2, -0.15) is 0 Å². The second kappa shape index (κ2) is 12.8. The van der Waals surface area contributed by atoms with Crippen molar-refractivity contribution in [2.75, 3.05) is 23.8 Å². The molecular weight excluding hydrogens is 516 g/mol. The highest BCUT2D eigenvalue weighted by Gasteiger charge is 2.36. The maximum Gasteiger partial charge on any atom is 0.346 e. The first-order valence-corrected chi connectivity index (χ1v) is 12.9. The molecule has 40 heavy (non-hydrogen) atoms. The number of nitrogen functional groups attached to an aromatic ring is 1. The van der Waals surface area contributed by atoms with Crippen molar-refractivity contribution in [2.24, 2.45) is 0 Å². The summed E-state index contributed by atoms with van der Waals surface area (Å²) in [6.07, 6.45) is 0.566. The summed E-state index contributed by atoms with van der Waals surface area (Å²) in [6, 6.07) is 19.4. The van der Waals surface area contributed by atoms with E-state index in [1.807, 2.05) is 18.2 Å². The number of carbonyl (C=O) groups excluding carboxylic acids is 2. The summed E-state index contributed by atoms with van der Waals surface area (Å²) in [7, 11) is 0. The number of carboxylic acids is 2. The van der Waals surface area contributed by atoms with Crippen LogP contribution < -0.4 is 20.1 Å². The van der Waals surface area contributed by atoms with Crippen LogP contribution in [0.5, 0.6) is 11.5 Å². The fourth-order valence-corrected chi connectivity index (χ4v) is 4.45. The molecule has 4 rings (SSSR count). The molecule has 1 atom stereocenters. The molecular formula is C30H30N2O8. The van der Waals surface area contributed by atoms with Gasteiger partial charge in [0.05, 0.1) is 30.8 Å². The van der Waals surface area contributed by atoms with Crippen molar-refractivity contribution >= 4 is 35.0 Å². The molecule has 0 saturated heterocycles. The highest BCUT2D eigenvalue weighted by Crippen LogP contribution is 2.39. The lowest BCUT2D eigenvalue weighted by Crippen LogP contribution is -2.47. The van der Waals surface area contributed by atoms with Gasteiger partial charge in [-0.05, 0) is 49.1 Å². The van der Waals surface area contributed by atoms with Crippen LogP contribution >= 0.6 is 0 Å². The number of fused-ring (bicyclic) bond motifs is 1. The summed E-state index contributed by atoms with van der Waals surface area (Å²) in [5.74, 6) is -3.15. The molecule has 1 aliphatic heterocycles. The van der Waals surface area contributed by atoms with E-state index in [1.54, 1.807) is 12.1 Å². The highest BCUT2D eigenvalue weighted by atomic mass is 16.5. The van der Waals surface area contributed by atoms with Gasteiger partial charge in [0.25, 0.3) is 0 Å². The number of nitrogens with zero attached hydrogens (tertiary/aromatic N) is 1. The van der Waals surface area contributed by atoms with Crippen LogP contribution in [0.15, 0.2) is 66.7 Å². The Labute approximate surface area is 230 Å². The zero-order chi connectivity index (χ0) is 28.6. The minimum absolute atomic E-state index is 0.0285. The van der Waals surface area contributed by atoms with Gasteiger partial charge in [-0.3, -0.25) is 14.4 Å². The molecule has 0 saturated carbocycles. The van der Waals surface area contributed by atoms with Crippen LogP contribution in [0.25, 0.3) is 0 Å². The van der Waals surface area contributed by atoms with Gasteiger partial charge in [0.1, 0.15) is 5.75 Å². The predicted molar refractivity (Wildman–Crippen MR) is 147 cm³/mol. The molecule has 4 N–H and O–H groups in total. The Morgan fingerprint density at radius 2 is 1.70 bits per heavy atom. The molecule has 10 nitrogen and oxygen atoms in total. The van der Waals surface area contributed by atoms with Gasteiger partial charge in [-0.25, -0.2) is 4.79 Å². The number of amides is 1. The summed E-state index contributed by atoms with van der Waals surface area (Å²) in [5, 5.41) is 18.5. The molecule has 10 heteroatoms. The first-order valence-electron chi connectivity index (χ1n) is 12.9. The molecule has 0 aliphatic carbocycles. The van der Waals surface area contributed by atoms with E-state index >= 15 is 0 Å². The number of anilines is 2. The van der Waals surface area contributed by atoms with Crippen LogP contribution in [-0.2, 0) is 20.8 Å². The maximum absolute atomic E-state index is 13.5. The van der Waals surface area contributed by atoms with Crippen molar-refractivity contribution in [1.29, 1.82) is 0 Å². The number of carboxylic acid groups (broad SMARTS) is 2. The van der Waals surface area contributed by atoms with Gasteiger partial charge in [0.2, 0.25) is 12.0 Å². The lowest BCUT2D eigenvalue weighted by Gasteiger charge is -2.34. The summed E-state index contributed by atoms with van der Waals surface area (Å²) >= 11 is 0. The Bertz CT molecular complexity index is 1410. The molecule has 1 amide bonds. The number of aryl methyl sites for hydroxylation is 1. The third-order valence-electron chi connectivity index (χ3n) is 6.51. The summed E-state index contributed by atoms with van der Waals surface area (Å²) in [4.78, 5) is 50.2. The van der Waals surface area contributed by atoms with E-state index in [4.69, 9.17) is 20.3 Å². The smallest absolute Gasteiger partial charge is 0.346 e. The van der Waals surface area contributed by atoms with Crippen molar-refractivity contribution in [3.8, 4) is 11.5 Å². The Morgan fingerprint density at radius 3 is 2.40 bits per heavy atom. The standard InChI is InChI=1S/C30H30N2O8/c31-23-17-20(39-16-5-4-9-19-7-2-1-3-8-19)12-13-21(23)28(36)22-10-6-11-24-29(22)40-25(30(37)38)18-32(24)26(33)14-15-27(34)35/h1-3,6-8,10-13,17,25H,4-5,9,14-16,18,31H2,(H,34,35)(H,37,38). The number of para-hydroxylation sites is 1. The van der Waals surface area contributed by atoms with Gasteiger partial charge in [0, 0.05) is 23.7 Å². The Kier molecular flexibility index (Phi) is 9.00. The molecule has 3 aromatic carbocycles. The van der Waals surface area contributed by atoms with E-state index in [0.29, 0.717) is 12.4 Å². The van der Waals surface area contributed by atoms with Crippen molar-refractivity contribution in [1.82, 2.24) is 0 Å². The van der Waals surface area contributed by atoms with E-state index in [1.165, 1.54) is 29.8 Å². The molecule has 3 aromatic rings.